The smallest absolute Gasteiger partial charge is 0.311 e. The Balaban J connectivity index is 2.40. The van der Waals surface area contributed by atoms with Crippen molar-refractivity contribution >= 4 is 5.69 Å². The van der Waals surface area contributed by atoms with Crippen LogP contribution in [-0.2, 0) is 0 Å². The molecular weight excluding hydrogens is 248 g/mol. The molecule has 0 atom stereocenters. The first-order chi connectivity index (χ1) is 9.10. The largest absolute Gasteiger partial charge is 0.508 e. The van der Waals surface area contributed by atoms with Crippen LogP contribution in [0, 0.1) is 21.4 Å². The lowest BCUT2D eigenvalue weighted by atomic mass is 10.2. The standard InChI is InChI=1S/C13H8N2O4/c14-8-9-1-6-12(15(17)18)13(7-9)19-11-4-2-10(16)3-5-11/h1-7,16H. The number of ether oxygens (including phenoxy) is 1. The predicted octanol–water partition coefficient (Wildman–Crippen LogP) is 2.96. The Morgan fingerprint density at radius 3 is 2.47 bits per heavy atom. The average Bonchev–Trinajstić information content (AvgIpc) is 2.41. The van der Waals surface area contributed by atoms with Crippen LogP contribution in [0.2, 0.25) is 0 Å². The van der Waals surface area contributed by atoms with Gasteiger partial charge in [0.15, 0.2) is 0 Å². The summed E-state index contributed by atoms with van der Waals surface area (Å²) >= 11 is 0. The van der Waals surface area contributed by atoms with Crippen molar-refractivity contribution in [3.05, 3.63) is 58.1 Å². The fourth-order valence-corrected chi connectivity index (χ4v) is 1.46. The van der Waals surface area contributed by atoms with Gasteiger partial charge in [0.25, 0.3) is 0 Å². The lowest BCUT2D eigenvalue weighted by molar-refractivity contribution is -0.385. The zero-order chi connectivity index (χ0) is 13.8. The molecule has 0 bridgehead atoms. The van der Waals surface area contributed by atoms with Gasteiger partial charge in [0.05, 0.1) is 16.6 Å². The van der Waals surface area contributed by atoms with Crippen LogP contribution in [0.4, 0.5) is 5.69 Å². The van der Waals surface area contributed by atoms with Crippen LogP contribution in [0.5, 0.6) is 17.2 Å². The summed E-state index contributed by atoms with van der Waals surface area (Å²) < 4.78 is 5.36. The van der Waals surface area contributed by atoms with E-state index in [0.717, 1.165) is 0 Å². The van der Waals surface area contributed by atoms with E-state index in [1.165, 1.54) is 42.5 Å². The third kappa shape index (κ3) is 2.79. The highest BCUT2D eigenvalue weighted by Gasteiger charge is 2.16. The van der Waals surface area contributed by atoms with Gasteiger partial charge >= 0.3 is 5.69 Å². The number of nitro benzene ring substituents is 1. The lowest BCUT2D eigenvalue weighted by Gasteiger charge is -2.06. The molecule has 0 aromatic heterocycles. The van der Waals surface area contributed by atoms with E-state index in [4.69, 9.17) is 15.1 Å². The number of rotatable bonds is 3. The molecule has 0 aliphatic carbocycles. The van der Waals surface area contributed by atoms with Gasteiger partial charge < -0.3 is 9.84 Å². The van der Waals surface area contributed by atoms with Gasteiger partial charge in [-0.25, -0.2) is 0 Å². The molecule has 0 saturated carbocycles. The number of hydrogen-bond donors (Lipinski definition) is 1. The number of nitro groups is 1. The maximum atomic E-state index is 10.9. The minimum absolute atomic E-state index is 0.0188. The second-order valence-electron chi connectivity index (χ2n) is 3.65. The highest BCUT2D eigenvalue weighted by molar-refractivity contribution is 5.53. The van der Waals surface area contributed by atoms with Crippen molar-refractivity contribution in [3.8, 4) is 23.3 Å². The molecule has 0 aliphatic rings. The number of nitriles is 1. The molecule has 0 saturated heterocycles. The molecule has 2 aromatic carbocycles. The Hall–Kier alpha value is -3.07. The van der Waals surface area contributed by atoms with Crippen molar-refractivity contribution in [3.63, 3.8) is 0 Å². The molecule has 0 heterocycles. The van der Waals surface area contributed by atoms with Crippen LogP contribution in [0.25, 0.3) is 0 Å². The summed E-state index contributed by atoms with van der Waals surface area (Å²) in [7, 11) is 0. The van der Waals surface area contributed by atoms with Gasteiger partial charge in [-0.05, 0) is 30.3 Å². The zero-order valence-corrected chi connectivity index (χ0v) is 9.61. The van der Waals surface area contributed by atoms with Crippen LogP contribution in [0.3, 0.4) is 0 Å². The maximum Gasteiger partial charge on any atom is 0.311 e. The quantitative estimate of drug-likeness (QED) is 0.672. The first kappa shape index (κ1) is 12.4. The Morgan fingerprint density at radius 1 is 1.21 bits per heavy atom. The summed E-state index contributed by atoms with van der Waals surface area (Å²) in [5, 5.41) is 28.8. The van der Waals surface area contributed by atoms with Gasteiger partial charge in [-0.1, -0.05) is 0 Å². The molecule has 0 radical (unpaired) electrons. The van der Waals surface area contributed by atoms with Crippen LogP contribution < -0.4 is 4.74 Å². The van der Waals surface area contributed by atoms with Crippen LogP contribution in [0.1, 0.15) is 5.56 Å². The molecule has 0 spiro atoms. The normalized spacial score (nSPS) is 9.63. The summed E-state index contributed by atoms with van der Waals surface area (Å²) in [5.41, 5.74) is 0.0338. The molecule has 0 aliphatic heterocycles. The fourth-order valence-electron chi connectivity index (χ4n) is 1.46. The van der Waals surface area contributed by atoms with E-state index in [1.807, 2.05) is 6.07 Å². The van der Waals surface area contributed by atoms with Gasteiger partial charge in [0.1, 0.15) is 11.5 Å². The van der Waals surface area contributed by atoms with Gasteiger partial charge in [-0.2, -0.15) is 5.26 Å². The number of aromatic hydroxyl groups is 1. The molecule has 94 valence electrons. The minimum Gasteiger partial charge on any atom is -0.508 e. The van der Waals surface area contributed by atoms with Crippen molar-refractivity contribution in [2.24, 2.45) is 0 Å². The molecule has 6 heteroatoms. The zero-order valence-electron chi connectivity index (χ0n) is 9.61. The molecule has 6 nitrogen and oxygen atoms in total. The molecule has 0 amide bonds. The number of nitrogens with zero attached hydrogens (tertiary/aromatic N) is 2. The van der Waals surface area contributed by atoms with Gasteiger partial charge in [-0.3, -0.25) is 10.1 Å². The molecular formula is C13H8N2O4. The van der Waals surface area contributed by atoms with E-state index < -0.39 is 4.92 Å². The summed E-state index contributed by atoms with van der Waals surface area (Å²) in [5.74, 6) is 0.373. The Labute approximate surface area is 108 Å². The minimum atomic E-state index is -0.586. The van der Waals surface area contributed by atoms with Crippen molar-refractivity contribution in [2.75, 3.05) is 0 Å². The van der Waals surface area contributed by atoms with E-state index >= 15 is 0 Å². The SMILES string of the molecule is N#Cc1ccc([N+](=O)[O-])c(Oc2ccc(O)cc2)c1. The second-order valence-corrected chi connectivity index (χ2v) is 3.65. The van der Waals surface area contributed by atoms with Crippen molar-refractivity contribution in [1.29, 1.82) is 5.26 Å². The molecule has 0 fully saturated rings. The van der Waals surface area contributed by atoms with E-state index in [2.05, 4.69) is 0 Å². The maximum absolute atomic E-state index is 10.9. The first-order valence-electron chi connectivity index (χ1n) is 5.25. The molecule has 2 rings (SSSR count). The highest BCUT2D eigenvalue weighted by Crippen LogP contribution is 2.32. The topological polar surface area (TPSA) is 96.4 Å². The molecule has 2 aromatic rings. The summed E-state index contributed by atoms with van der Waals surface area (Å²) in [6.45, 7) is 0. The molecule has 19 heavy (non-hydrogen) atoms. The first-order valence-corrected chi connectivity index (χ1v) is 5.25. The Kier molecular flexibility index (Phi) is 3.30. The summed E-state index contributed by atoms with van der Waals surface area (Å²) in [6.07, 6.45) is 0. The van der Waals surface area contributed by atoms with Crippen LogP contribution in [0.15, 0.2) is 42.5 Å². The van der Waals surface area contributed by atoms with Crippen molar-refractivity contribution in [2.45, 2.75) is 0 Å². The third-order valence-electron chi connectivity index (χ3n) is 2.35. The number of phenols is 1. The highest BCUT2D eigenvalue weighted by atomic mass is 16.6. The Bertz CT molecular complexity index is 659. The van der Waals surface area contributed by atoms with Gasteiger partial charge in [-0.15, -0.1) is 0 Å². The van der Waals surface area contributed by atoms with Gasteiger partial charge in [0.2, 0.25) is 5.75 Å². The second kappa shape index (κ2) is 5.06. The predicted molar refractivity (Wildman–Crippen MR) is 66.0 cm³/mol. The number of benzene rings is 2. The third-order valence-corrected chi connectivity index (χ3v) is 2.35. The van der Waals surface area contributed by atoms with E-state index in [0.29, 0.717) is 5.75 Å². The van der Waals surface area contributed by atoms with Crippen LogP contribution >= 0.6 is 0 Å². The Morgan fingerprint density at radius 2 is 1.89 bits per heavy atom. The lowest BCUT2D eigenvalue weighted by Crippen LogP contribution is -1.94. The van der Waals surface area contributed by atoms with E-state index in [-0.39, 0.29) is 22.7 Å². The summed E-state index contributed by atoms with van der Waals surface area (Å²) in [6, 6.07) is 11.5. The molecule has 0 unspecified atom stereocenters. The fraction of sp³-hybridized carbons (Fsp3) is 0. The number of hydrogen-bond acceptors (Lipinski definition) is 5. The van der Waals surface area contributed by atoms with Crippen molar-refractivity contribution < 1.29 is 14.8 Å². The average molecular weight is 256 g/mol. The molecule has 1 N–H and O–H groups in total. The number of phenolic OH excluding ortho intramolecular Hbond substituents is 1. The van der Waals surface area contributed by atoms with Gasteiger partial charge in [0, 0.05) is 12.1 Å². The van der Waals surface area contributed by atoms with E-state index in [9.17, 15) is 10.1 Å². The van der Waals surface area contributed by atoms with E-state index in [1.54, 1.807) is 0 Å². The summed E-state index contributed by atoms with van der Waals surface area (Å²) in [4.78, 5) is 10.3. The van der Waals surface area contributed by atoms with Crippen LogP contribution in [-0.4, -0.2) is 10.0 Å². The monoisotopic (exact) mass is 256 g/mol. The van der Waals surface area contributed by atoms with Crippen molar-refractivity contribution in [1.82, 2.24) is 0 Å².